The minimum atomic E-state index is -3.52. The molecule has 2 rings (SSSR count). The zero-order valence-electron chi connectivity index (χ0n) is 12.3. The molecule has 5 nitrogen and oxygen atoms in total. The van der Waals surface area contributed by atoms with Crippen molar-refractivity contribution in [2.75, 3.05) is 26.8 Å². The Kier molecular flexibility index (Phi) is 5.62. The Morgan fingerprint density at radius 2 is 2.24 bits per heavy atom. The lowest BCUT2D eigenvalue weighted by Gasteiger charge is -2.23. The van der Waals surface area contributed by atoms with Gasteiger partial charge in [0.05, 0.1) is 17.5 Å². The molecule has 118 valence electrons. The molecule has 1 unspecified atom stereocenters. The number of likely N-dealkylation sites (N-methyl/N-ethyl adjacent to an activating group) is 1. The third-order valence-corrected chi connectivity index (χ3v) is 5.95. The first-order valence-electron chi connectivity index (χ1n) is 7.01. The Balaban J connectivity index is 2.26. The highest BCUT2D eigenvalue weighted by molar-refractivity contribution is 7.89. The van der Waals surface area contributed by atoms with E-state index in [9.17, 15) is 8.42 Å². The number of nitrogens with zero attached hydrogens (tertiary/aromatic N) is 1. The van der Waals surface area contributed by atoms with Gasteiger partial charge in [0, 0.05) is 25.2 Å². The second-order valence-electron chi connectivity index (χ2n) is 5.07. The summed E-state index contributed by atoms with van der Waals surface area (Å²) >= 11 is 6.12. The number of benzene rings is 1. The number of rotatable bonds is 6. The molecule has 0 saturated carbocycles. The fraction of sp³-hybridized carbons (Fsp3) is 0.571. The fourth-order valence-corrected chi connectivity index (χ4v) is 3.88. The molecule has 1 aromatic rings. The number of ether oxygens (including phenoxy) is 1. The molecular formula is C14H21ClN2O3S. The first kappa shape index (κ1) is 16.7. The average molecular weight is 333 g/mol. The van der Waals surface area contributed by atoms with Gasteiger partial charge in [-0.15, -0.1) is 0 Å². The van der Waals surface area contributed by atoms with Crippen molar-refractivity contribution in [2.24, 2.45) is 0 Å². The number of hydrogen-bond donors (Lipinski definition) is 1. The van der Waals surface area contributed by atoms with Gasteiger partial charge in [0.25, 0.3) is 0 Å². The van der Waals surface area contributed by atoms with Crippen molar-refractivity contribution in [3.63, 3.8) is 0 Å². The van der Waals surface area contributed by atoms with Crippen molar-refractivity contribution in [1.82, 2.24) is 9.62 Å². The van der Waals surface area contributed by atoms with Crippen LogP contribution in [0.2, 0.25) is 5.02 Å². The monoisotopic (exact) mass is 332 g/mol. The number of halogens is 1. The van der Waals surface area contributed by atoms with Gasteiger partial charge in [-0.25, -0.2) is 8.42 Å². The molecule has 1 saturated heterocycles. The second-order valence-corrected chi connectivity index (χ2v) is 7.48. The van der Waals surface area contributed by atoms with E-state index in [1.807, 2.05) is 6.92 Å². The summed E-state index contributed by atoms with van der Waals surface area (Å²) in [5.74, 6) is 0. The highest BCUT2D eigenvalue weighted by atomic mass is 35.5. The summed E-state index contributed by atoms with van der Waals surface area (Å²) in [5.41, 5.74) is 0.788. The number of nitrogens with one attached hydrogen (secondary N) is 1. The summed E-state index contributed by atoms with van der Waals surface area (Å²) in [6.45, 7) is 4.40. The van der Waals surface area contributed by atoms with Gasteiger partial charge in [0.1, 0.15) is 0 Å². The van der Waals surface area contributed by atoms with Crippen molar-refractivity contribution >= 4 is 21.6 Å². The lowest BCUT2D eigenvalue weighted by atomic mass is 10.2. The Hall–Kier alpha value is -0.660. The number of sulfonamides is 1. The first-order valence-corrected chi connectivity index (χ1v) is 8.83. The van der Waals surface area contributed by atoms with Crippen molar-refractivity contribution in [3.05, 3.63) is 28.8 Å². The molecule has 0 radical (unpaired) electrons. The van der Waals surface area contributed by atoms with Gasteiger partial charge in [0.2, 0.25) is 10.0 Å². The Bertz CT molecular complexity index is 586. The van der Waals surface area contributed by atoms with Gasteiger partial charge < -0.3 is 10.1 Å². The summed E-state index contributed by atoms with van der Waals surface area (Å²) < 4.78 is 32.0. The molecule has 1 heterocycles. The minimum absolute atomic E-state index is 0.0945. The summed E-state index contributed by atoms with van der Waals surface area (Å²) in [7, 11) is -1.92. The van der Waals surface area contributed by atoms with E-state index in [0.29, 0.717) is 24.8 Å². The lowest BCUT2D eigenvalue weighted by Crippen LogP contribution is -2.37. The third-order valence-electron chi connectivity index (χ3n) is 3.68. The van der Waals surface area contributed by atoms with Crippen molar-refractivity contribution < 1.29 is 13.2 Å². The van der Waals surface area contributed by atoms with Gasteiger partial charge in [-0.05, 0) is 36.7 Å². The van der Waals surface area contributed by atoms with Crippen LogP contribution < -0.4 is 5.32 Å². The molecule has 1 aromatic carbocycles. The molecule has 1 aliphatic heterocycles. The molecule has 1 fully saturated rings. The lowest BCUT2D eigenvalue weighted by molar-refractivity contribution is 0.181. The predicted octanol–water partition coefficient (Wildman–Crippen LogP) is 1.86. The van der Waals surface area contributed by atoms with E-state index in [0.717, 1.165) is 18.5 Å². The zero-order chi connectivity index (χ0) is 15.5. The van der Waals surface area contributed by atoms with E-state index < -0.39 is 10.0 Å². The molecule has 0 bridgehead atoms. The topological polar surface area (TPSA) is 58.6 Å². The highest BCUT2D eigenvalue weighted by Gasteiger charge is 2.30. The third kappa shape index (κ3) is 3.76. The quantitative estimate of drug-likeness (QED) is 0.864. The summed E-state index contributed by atoms with van der Waals surface area (Å²) in [6.07, 6.45) is 0.730. The van der Waals surface area contributed by atoms with E-state index >= 15 is 0 Å². The van der Waals surface area contributed by atoms with Crippen LogP contribution in [0.4, 0.5) is 0 Å². The van der Waals surface area contributed by atoms with Crippen LogP contribution in [0.3, 0.4) is 0 Å². The summed E-state index contributed by atoms with van der Waals surface area (Å²) in [6, 6.07) is 4.74. The van der Waals surface area contributed by atoms with Crippen LogP contribution in [-0.4, -0.2) is 45.6 Å². The minimum Gasteiger partial charge on any atom is -0.380 e. The van der Waals surface area contributed by atoms with Crippen molar-refractivity contribution in [2.45, 2.75) is 30.8 Å². The van der Waals surface area contributed by atoms with Crippen LogP contribution in [0.1, 0.15) is 18.9 Å². The molecular weight excluding hydrogens is 312 g/mol. The highest BCUT2D eigenvalue weighted by Crippen LogP contribution is 2.25. The van der Waals surface area contributed by atoms with Crippen LogP contribution in [-0.2, 0) is 21.3 Å². The van der Waals surface area contributed by atoms with E-state index in [1.54, 1.807) is 25.2 Å². The van der Waals surface area contributed by atoms with Gasteiger partial charge in [-0.3, -0.25) is 0 Å². The number of hydrogen-bond acceptors (Lipinski definition) is 4. The van der Waals surface area contributed by atoms with E-state index in [4.69, 9.17) is 16.3 Å². The van der Waals surface area contributed by atoms with Crippen LogP contribution in [0.15, 0.2) is 23.1 Å². The van der Waals surface area contributed by atoms with E-state index in [1.165, 1.54) is 4.31 Å². The van der Waals surface area contributed by atoms with Gasteiger partial charge >= 0.3 is 0 Å². The van der Waals surface area contributed by atoms with Crippen LogP contribution in [0.5, 0.6) is 0 Å². The Labute approximate surface area is 131 Å². The SMILES string of the molecule is CCNCc1cc(S(=O)(=O)N(C)C2CCOC2)ccc1Cl. The van der Waals surface area contributed by atoms with Crippen LogP contribution >= 0.6 is 11.6 Å². The Morgan fingerprint density at radius 3 is 2.86 bits per heavy atom. The molecule has 1 atom stereocenters. The fourth-order valence-electron chi connectivity index (χ4n) is 2.28. The normalized spacial score (nSPS) is 19.3. The van der Waals surface area contributed by atoms with Crippen molar-refractivity contribution in [1.29, 1.82) is 0 Å². The molecule has 0 aliphatic carbocycles. The Morgan fingerprint density at radius 1 is 1.48 bits per heavy atom. The standard InChI is InChI=1S/C14H21ClN2O3S/c1-3-16-9-11-8-13(4-5-14(11)15)21(18,19)17(2)12-6-7-20-10-12/h4-5,8,12,16H,3,6-7,9-10H2,1-2H3. The summed E-state index contributed by atoms with van der Waals surface area (Å²) in [5, 5.41) is 3.73. The summed E-state index contributed by atoms with van der Waals surface area (Å²) in [4.78, 5) is 0.272. The molecule has 1 N–H and O–H groups in total. The van der Waals surface area contributed by atoms with Gasteiger partial charge in [-0.1, -0.05) is 18.5 Å². The van der Waals surface area contributed by atoms with Gasteiger partial charge in [0.15, 0.2) is 0 Å². The maximum Gasteiger partial charge on any atom is 0.243 e. The molecule has 0 amide bonds. The maximum atomic E-state index is 12.7. The zero-order valence-corrected chi connectivity index (χ0v) is 13.9. The molecule has 7 heteroatoms. The maximum absolute atomic E-state index is 12.7. The van der Waals surface area contributed by atoms with E-state index in [2.05, 4.69) is 5.32 Å². The van der Waals surface area contributed by atoms with Crippen LogP contribution in [0.25, 0.3) is 0 Å². The van der Waals surface area contributed by atoms with Gasteiger partial charge in [-0.2, -0.15) is 4.31 Å². The van der Waals surface area contributed by atoms with Crippen LogP contribution in [0, 0.1) is 0 Å². The molecule has 21 heavy (non-hydrogen) atoms. The van der Waals surface area contributed by atoms with E-state index in [-0.39, 0.29) is 10.9 Å². The predicted molar refractivity (Wildman–Crippen MR) is 83.0 cm³/mol. The average Bonchev–Trinajstić information content (AvgIpc) is 2.99. The second kappa shape index (κ2) is 7.07. The first-order chi connectivity index (χ1) is 9.96. The molecule has 0 spiro atoms. The largest absolute Gasteiger partial charge is 0.380 e. The molecule has 1 aliphatic rings. The van der Waals surface area contributed by atoms with Crippen molar-refractivity contribution in [3.8, 4) is 0 Å². The molecule has 0 aromatic heterocycles. The smallest absolute Gasteiger partial charge is 0.243 e.